The second-order valence-corrected chi connectivity index (χ2v) is 6.39. The van der Waals surface area contributed by atoms with Gasteiger partial charge in [0.05, 0.1) is 5.02 Å². The van der Waals surface area contributed by atoms with Crippen molar-refractivity contribution in [2.24, 2.45) is 0 Å². The molecule has 0 aliphatic carbocycles. The fourth-order valence-electron chi connectivity index (χ4n) is 2.55. The summed E-state index contributed by atoms with van der Waals surface area (Å²) >= 11 is 5.99. The van der Waals surface area contributed by atoms with Crippen molar-refractivity contribution in [1.82, 2.24) is 25.3 Å². The summed E-state index contributed by atoms with van der Waals surface area (Å²) in [4.78, 5) is 27.7. The minimum Gasteiger partial charge on any atom is -0.358 e. The Hall–Kier alpha value is -3.32. The molecular weight excluding hydrogens is 409 g/mol. The lowest BCUT2D eigenvalue weighted by atomic mass is 10.2. The standard InChI is InChI=1S/C18H14ClF3N6O.4H2/c1-2-3-13(17(29)26-9-18(20,21)22)27-14-4-5-23-16(28-14)12-8-25-15-11(12)6-10(19)7-24-15;;;;/h1,4-8,13H,3,9H2,(H,24,25)(H,26,29)(H,23,27,28);4*1H/t13-;;;;/m1..../s1. The summed E-state index contributed by atoms with van der Waals surface area (Å²) in [5.41, 5.74) is 1.21. The molecule has 29 heavy (non-hydrogen) atoms. The van der Waals surface area contributed by atoms with Crippen LogP contribution in [0, 0.1) is 12.3 Å². The van der Waals surface area contributed by atoms with Gasteiger partial charge in [0, 0.05) is 41.7 Å². The summed E-state index contributed by atoms with van der Waals surface area (Å²) in [6.07, 6.45) is 5.18. The zero-order valence-corrected chi connectivity index (χ0v) is 15.5. The summed E-state index contributed by atoms with van der Waals surface area (Å²) in [5, 5.41) is 5.69. The Morgan fingerprint density at radius 3 is 2.93 bits per heavy atom. The van der Waals surface area contributed by atoms with Crippen LogP contribution in [0.5, 0.6) is 0 Å². The molecule has 0 spiro atoms. The first-order valence-corrected chi connectivity index (χ1v) is 8.65. The van der Waals surface area contributed by atoms with Crippen molar-refractivity contribution in [2.75, 3.05) is 11.9 Å². The minimum atomic E-state index is -4.52. The number of aromatic amines is 1. The topological polar surface area (TPSA) is 95.6 Å². The number of pyridine rings is 1. The number of amides is 1. The van der Waals surface area contributed by atoms with E-state index >= 15 is 0 Å². The minimum absolute atomic E-state index is 0. The number of nitrogens with zero attached hydrogens (tertiary/aromatic N) is 3. The lowest BCUT2D eigenvalue weighted by Crippen LogP contribution is -2.43. The van der Waals surface area contributed by atoms with Crippen LogP contribution in [0.1, 0.15) is 12.1 Å². The van der Waals surface area contributed by atoms with Gasteiger partial charge in [0.25, 0.3) is 0 Å². The molecule has 11 heteroatoms. The molecule has 7 nitrogen and oxygen atoms in total. The maximum absolute atomic E-state index is 12.3. The van der Waals surface area contributed by atoms with Crippen LogP contribution in [0.4, 0.5) is 19.0 Å². The molecule has 0 unspecified atom stereocenters. The van der Waals surface area contributed by atoms with Gasteiger partial charge in [-0.25, -0.2) is 15.0 Å². The van der Waals surface area contributed by atoms with Gasteiger partial charge in [-0.05, 0) is 12.1 Å². The number of carbonyl (C=O) groups is 1. The number of aromatic nitrogens is 4. The molecule has 0 radical (unpaired) electrons. The molecule has 0 aliphatic heterocycles. The number of alkyl halides is 3. The van der Waals surface area contributed by atoms with Crippen molar-refractivity contribution in [3.8, 4) is 23.7 Å². The van der Waals surface area contributed by atoms with Gasteiger partial charge >= 0.3 is 6.18 Å². The number of hydrogen-bond donors (Lipinski definition) is 3. The molecule has 3 aromatic rings. The van der Waals surface area contributed by atoms with Gasteiger partial charge in [0.1, 0.15) is 24.1 Å². The Kier molecular flexibility index (Phi) is 5.89. The van der Waals surface area contributed by atoms with E-state index in [-0.39, 0.29) is 17.9 Å². The molecule has 1 amide bonds. The fourth-order valence-corrected chi connectivity index (χ4v) is 2.71. The normalized spacial score (nSPS) is 12.4. The number of H-pyrrole nitrogens is 1. The third-order valence-electron chi connectivity index (χ3n) is 3.82. The summed E-state index contributed by atoms with van der Waals surface area (Å²) in [5.74, 6) is 1.91. The molecule has 0 bridgehead atoms. The maximum Gasteiger partial charge on any atom is 0.405 e. The molecule has 0 saturated heterocycles. The molecular formula is C18H22ClF3N6O. The highest BCUT2D eigenvalue weighted by Crippen LogP contribution is 2.27. The van der Waals surface area contributed by atoms with Crippen LogP contribution >= 0.6 is 11.6 Å². The zero-order valence-electron chi connectivity index (χ0n) is 14.7. The van der Waals surface area contributed by atoms with E-state index in [0.717, 1.165) is 0 Å². The van der Waals surface area contributed by atoms with Crippen LogP contribution in [0.25, 0.3) is 22.4 Å². The lowest BCUT2D eigenvalue weighted by Gasteiger charge is -2.17. The third kappa shape index (κ3) is 5.14. The van der Waals surface area contributed by atoms with Gasteiger partial charge < -0.3 is 15.6 Å². The average molecular weight is 431 g/mol. The highest BCUT2D eigenvalue weighted by atomic mass is 35.5. The Balaban J connectivity index is 0. The molecule has 3 N–H and O–H groups in total. The van der Waals surface area contributed by atoms with Gasteiger partial charge in [0.2, 0.25) is 5.91 Å². The van der Waals surface area contributed by atoms with Crippen LogP contribution in [0.15, 0.2) is 30.7 Å². The van der Waals surface area contributed by atoms with Crippen LogP contribution in [-0.2, 0) is 4.79 Å². The highest BCUT2D eigenvalue weighted by Gasteiger charge is 2.29. The van der Waals surface area contributed by atoms with E-state index < -0.39 is 24.7 Å². The highest BCUT2D eigenvalue weighted by molar-refractivity contribution is 6.31. The van der Waals surface area contributed by atoms with Crippen molar-refractivity contribution in [1.29, 1.82) is 0 Å². The number of nitrogens with one attached hydrogen (secondary N) is 3. The largest absolute Gasteiger partial charge is 0.405 e. The van der Waals surface area contributed by atoms with Crippen molar-refractivity contribution < 1.29 is 23.7 Å². The van der Waals surface area contributed by atoms with E-state index in [1.54, 1.807) is 12.3 Å². The smallest absolute Gasteiger partial charge is 0.358 e. The van der Waals surface area contributed by atoms with Gasteiger partial charge in [-0.3, -0.25) is 4.79 Å². The van der Waals surface area contributed by atoms with Gasteiger partial charge in [0.15, 0.2) is 5.82 Å². The number of anilines is 1. The summed E-state index contributed by atoms with van der Waals surface area (Å²) < 4.78 is 37.0. The monoisotopic (exact) mass is 430 g/mol. The van der Waals surface area contributed by atoms with Crippen molar-refractivity contribution in [2.45, 2.75) is 18.6 Å². The molecule has 3 rings (SSSR count). The second kappa shape index (κ2) is 8.36. The first kappa shape index (κ1) is 20.4. The molecule has 3 heterocycles. The van der Waals surface area contributed by atoms with Crippen molar-refractivity contribution in [3.05, 3.63) is 35.7 Å². The van der Waals surface area contributed by atoms with Gasteiger partial charge in [-0.15, -0.1) is 12.3 Å². The predicted octanol–water partition coefficient (Wildman–Crippen LogP) is 4.14. The van der Waals surface area contributed by atoms with Gasteiger partial charge in [-0.2, -0.15) is 13.2 Å². The number of terminal acetylenes is 1. The molecule has 3 aromatic heterocycles. The summed E-state index contributed by atoms with van der Waals surface area (Å²) in [6, 6.07) is 2.08. The number of fused-ring (bicyclic) bond motifs is 1. The third-order valence-corrected chi connectivity index (χ3v) is 4.02. The lowest BCUT2D eigenvalue weighted by molar-refractivity contribution is -0.138. The van der Waals surface area contributed by atoms with Crippen molar-refractivity contribution >= 4 is 34.4 Å². The molecule has 0 aromatic carbocycles. The molecule has 0 fully saturated rings. The SMILES string of the molecule is C#CC[C@@H](Nc1ccnc(-c2c[nH]c3ncc(Cl)cc23)n1)C(=O)NCC(F)(F)F.[HH].[HH].[HH].[HH]. The Labute approximate surface area is 174 Å². The van der Waals surface area contributed by atoms with E-state index in [4.69, 9.17) is 18.0 Å². The van der Waals surface area contributed by atoms with Crippen LogP contribution in [0.2, 0.25) is 5.02 Å². The van der Waals surface area contributed by atoms with Crippen LogP contribution < -0.4 is 10.6 Å². The van der Waals surface area contributed by atoms with E-state index in [1.807, 2.05) is 5.32 Å². The first-order valence-electron chi connectivity index (χ1n) is 8.27. The zero-order chi connectivity index (χ0) is 21.0. The van der Waals surface area contributed by atoms with E-state index in [9.17, 15) is 18.0 Å². The van der Waals surface area contributed by atoms with Gasteiger partial charge in [-0.1, -0.05) is 11.6 Å². The molecule has 1 atom stereocenters. The van der Waals surface area contributed by atoms with Crippen LogP contribution in [0.3, 0.4) is 0 Å². The Bertz CT molecular complexity index is 1090. The fraction of sp³-hybridized carbons (Fsp3) is 0.222. The molecule has 0 aliphatic rings. The maximum atomic E-state index is 12.3. The number of halogens is 4. The summed E-state index contributed by atoms with van der Waals surface area (Å²) in [6.45, 7) is -1.45. The number of carbonyl (C=O) groups excluding carboxylic acids is 1. The number of rotatable bonds is 6. The molecule has 158 valence electrons. The predicted molar refractivity (Wildman–Crippen MR) is 111 cm³/mol. The average Bonchev–Trinajstić information content (AvgIpc) is 3.08. The quantitative estimate of drug-likeness (QED) is 0.511. The second-order valence-electron chi connectivity index (χ2n) is 5.96. The van der Waals surface area contributed by atoms with Crippen molar-refractivity contribution in [3.63, 3.8) is 0 Å². The number of hydrogen-bond acceptors (Lipinski definition) is 5. The Morgan fingerprint density at radius 2 is 2.21 bits per heavy atom. The van der Waals surface area contributed by atoms with E-state index in [0.29, 0.717) is 27.4 Å². The molecule has 0 saturated carbocycles. The first-order chi connectivity index (χ1) is 13.8. The summed E-state index contributed by atoms with van der Waals surface area (Å²) in [7, 11) is 0. The Morgan fingerprint density at radius 1 is 1.41 bits per heavy atom. The van der Waals surface area contributed by atoms with E-state index in [2.05, 4.69) is 31.2 Å². The van der Waals surface area contributed by atoms with E-state index in [1.165, 1.54) is 18.5 Å². The van der Waals surface area contributed by atoms with Crippen LogP contribution in [-0.4, -0.2) is 44.6 Å².